The molecule has 0 bridgehead atoms. The molecule has 3 heteroatoms. The van der Waals surface area contributed by atoms with E-state index in [1.807, 2.05) is 11.8 Å². The van der Waals surface area contributed by atoms with Gasteiger partial charge in [0.15, 0.2) is 5.17 Å². The van der Waals surface area contributed by atoms with Gasteiger partial charge >= 0.3 is 0 Å². The number of hydrogen-bond donors (Lipinski definition) is 1. The second-order valence-corrected chi connectivity index (χ2v) is 6.74. The Morgan fingerprint density at radius 1 is 1.43 bits per heavy atom. The van der Waals surface area contributed by atoms with Crippen LogP contribution in [0.25, 0.3) is 0 Å². The molecular weight excluding hydrogens is 192 g/mol. The molecule has 1 saturated heterocycles. The average Bonchev–Trinajstić information content (AvgIpc) is 2.28. The molecule has 1 aliphatic rings. The maximum Gasteiger partial charge on any atom is 0.157 e. The van der Waals surface area contributed by atoms with Gasteiger partial charge in [0, 0.05) is 11.3 Å². The molecule has 1 heterocycles. The minimum absolute atomic E-state index is 0.209. The first kappa shape index (κ1) is 11.9. The van der Waals surface area contributed by atoms with E-state index in [9.17, 15) is 0 Å². The maximum absolute atomic E-state index is 4.71. The van der Waals surface area contributed by atoms with Crippen molar-refractivity contribution < 1.29 is 0 Å². The molecule has 1 N–H and O–H groups in total. The van der Waals surface area contributed by atoms with Gasteiger partial charge in [0.2, 0.25) is 0 Å². The SMILES string of the molecule is CC(N=C1NC(C)(C)CS1)C(C)(C)C. The molecule has 1 rings (SSSR count). The molecule has 1 unspecified atom stereocenters. The van der Waals surface area contributed by atoms with Crippen LogP contribution in [0.3, 0.4) is 0 Å². The molecule has 0 spiro atoms. The van der Waals surface area contributed by atoms with Crippen LogP contribution in [0.4, 0.5) is 0 Å². The molecular formula is C11H22N2S. The molecule has 82 valence electrons. The van der Waals surface area contributed by atoms with Crippen LogP contribution in [0.15, 0.2) is 4.99 Å². The fraction of sp³-hybridized carbons (Fsp3) is 0.909. The standard InChI is InChI=1S/C11H22N2S/c1-8(10(2,3)4)12-9-13-11(5,6)7-14-9/h8H,7H2,1-6H3,(H,12,13). The summed E-state index contributed by atoms with van der Waals surface area (Å²) in [5, 5.41) is 4.55. The van der Waals surface area contributed by atoms with Crippen molar-refractivity contribution in [1.29, 1.82) is 0 Å². The van der Waals surface area contributed by atoms with E-state index in [-0.39, 0.29) is 11.0 Å². The van der Waals surface area contributed by atoms with Crippen LogP contribution in [0, 0.1) is 5.41 Å². The van der Waals surface area contributed by atoms with Gasteiger partial charge < -0.3 is 5.32 Å². The van der Waals surface area contributed by atoms with Crippen molar-refractivity contribution in [3.8, 4) is 0 Å². The Bertz CT molecular complexity index is 238. The Morgan fingerprint density at radius 3 is 2.36 bits per heavy atom. The monoisotopic (exact) mass is 214 g/mol. The van der Waals surface area contributed by atoms with Gasteiger partial charge in [-0.15, -0.1) is 0 Å². The zero-order valence-electron chi connectivity index (χ0n) is 10.1. The smallest absolute Gasteiger partial charge is 0.157 e. The molecule has 2 nitrogen and oxygen atoms in total. The van der Waals surface area contributed by atoms with Gasteiger partial charge in [-0.3, -0.25) is 4.99 Å². The summed E-state index contributed by atoms with van der Waals surface area (Å²) < 4.78 is 0. The number of nitrogens with one attached hydrogen (secondary N) is 1. The van der Waals surface area contributed by atoms with Gasteiger partial charge in [-0.2, -0.15) is 0 Å². The fourth-order valence-electron chi connectivity index (χ4n) is 1.05. The number of thioether (sulfide) groups is 1. The lowest BCUT2D eigenvalue weighted by Gasteiger charge is -2.24. The summed E-state index contributed by atoms with van der Waals surface area (Å²) in [4.78, 5) is 4.71. The Labute approximate surface area is 92.0 Å². The molecule has 1 fully saturated rings. The summed E-state index contributed by atoms with van der Waals surface area (Å²) in [5.41, 5.74) is 0.461. The average molecular weight is 214 g/mol. The predicted octanol–water partition coefficient (Wildman–Crippen LogP) is 2.89. The van der Waals surface area contributed by atoms with E-state index in [2.05, 4.69) is 46.9 Å². The third-order valence-corrected chi connectivity index (χ3v) is 3.93. The minimum atomic E-state index is 0.209. The third kappa shape index (κ3) is 3.19. The topological polar surface area (TPSA) is 24.4 Å². The molecule has 1 aliphatic heterocycles. The van der Waals surface area contributed by atoms with Crippen molar-refractivity contribution in [3.05, 3.63) is 0 Å². The second kappa shape index (κ2) is 3.76. The van der Waals surface area contributed by atoms with E-state index in [1.54, 1.807) is 0 Å². The second-order valence-electron chi connectivity index (χ2n) is 5.77. The van der Waals surface area contributed by atoms with Gasteiger partial charge in [0.05, 0.1) is 6.04 Å². The maximum atomic E-state index is 4.71. The first-order valence-corrected chi connectivity index (χ1v) is 6.18. The van der Waals surface area contributed by atoms with Crippen LogP contribution in [-0.4, -0.2) is 22.5 Å². The molecule has 14 heavy (non-hydrogen) atoms. The van der Waals surface area contributed by atoms with Crippen molar-refractivity contribution in [2.45, 2.75) is 53.1 Å². The van der Waals surface area contributed by atoms with Crippen LogP contribution in [-0.2, 0) is 0 Å². The lowest BCUT2D eigenvalue weighted by atomic mass is 9.89. The summed E-state index contributed by atoms with van der Waals surface area (Å²) >= 11 is 1.83. The molecule has 0 aromatic rings. The Balaban J connectivity index is 2.63. The minimum Gasteiger partial charge on any atom is -0.359 e. The number of aliphatic imine (C=N–C) groups is 1. The molecule has 0 radical (unpaired) electrons. The predicted molar refractivity (Wildman–Crippen MR) is 66.0 cm³/mol. The Hall–Kier alpha value is -0.180. The molecule has 0 amide bonds. The van der Waals surface area contributed by atoms with Gasteiger partial charge in [0.1, 0.15) is 0 Å². The number of hydrogen-bond acceptors (Lipinski definition) is 2. The van der Waals surface area contributed by atoms with Gasteiger partial charge in [-0.05, 0) is 26.2 Å². The summed E-state index contributed by atoms with van der Waals surface area (Å²) in [6.07, 6.45) is 0. The first-order valence-electron chi connectivity index (χ1n) is 5.19. The van der Waals surface area contributed by atoms with Crippen LogP contribution >= 0.6 is 11.8 Å². The van der Waals surface area contributed by atoms with Crippen molar-refractivity contribution in [2.75, 3.05) is 5.75 Å². The number of rotatable bonds is 1. The molecule has 0 saturated carbocycles. The van der Waals surface area contributed by atoms with Crippen molar-refractivity contribution in [1.82, 2.24) is 5.32 Å². The van der Waals surface area contributed by atoms with Gasteiger partial charge in [-0.1, -0.05) is 32.5 Å². The molecule has 0 aliphatic carbocycles. The van der Waals surface area contributed by atoms with Crippen LogP contribution in [0.2, 0.25) is 0 Å². The zero-order chi connectivity index (χ0) is 11.0. The van der Waals surface area contributed by atoms with E-state index in [0.29, 0.717) is 6.04 Å². The summed E-state index contributed by atoms with van der Waals surface area (Å²) in [7, 11) is 0. The highest BCUT2D eigenvalue weighted by Crippen LogP contribution is 2.26. The summed E-state index contributed by atoms with van der Waals surface area (Å²) in [6, 6.07) is 0.367. The quantitative estimate of drug-likeness (QED) is 0.726. The number of nitrogens with zero attached hydrogens (tertiary/aromatic N) is 1. The highest BCUT2D eigenvalue weighted by Gasteiger charge is 2.29. The fourth-order valence-corrected chi connectivity index (χ4v) is 2.20. The van der Waals surface area contributed by atoms with Crippen LogP contribution in [0.1, 0.15) is 41.5 Å². The Morgan fingerprint density at radius 2 is 2.00 bits per heavy atom. The van der Waals surface area contributed by atoms with E-state index in [1.165, 1.54) is 0 Å². The van der Waals surface area contributed by atoms with Crippen molar-refractivity contribution in [2.24, 2.45) is 10.4 Å². The van der Waals surface area contributed by atoms with Crippen LogP contribution in [0.5, 0.6) is 0 Å². The highest BCUT2D eigenvalue weighted by molar-refractivity contribution is 8.14. The molecule has 0 aromatic carbocycles. The van der Waals surface area contributed by atoms with Gasteiger partial charge in [0.25, 0.3) is 0 Å². The first-order chi connectivity index (χ1) is 6.21. The zero-order valence-corrected chi connectivity index (χ0v) is 11.0. The van der Waals surface area contributed by atoms with E-state index in [0.717, 1.165) is 10.9 Å². The van der Waals surface area contributed by atoms with E-state index < -0.39 is 0 Å². The van der Waals surface area contributed by atoms with E-state index in [4.69, 9.17) is 4.99 Å². The molecule has 1 atom stereocenters. The molecule has 0 aromatic heterocycles. The van der Waals surface area contributed by atoms with Crippen molar-refractivity contribution in [3.63, 3.8) is 0 Å². The van der Waals surface area contributed by atoms with E-state index >= 15 is 0 Å². The van der Waals surface area contributed by atoms with Crippen molar-refractivity contribution >= 4 is 16.9 Å². The number of amidine groups is 1. The lowest BCUT2D eigenvalue weighted by molar-refractivity contribution is 0.341. The summed E-state index contributed by atoms with van der Waals surface area (Å²) in [6.45, 7) is 13.3. The summed E-state index contributed by atoms with van der Waals surface area (Å²) in [5.74, 6) is 1.11. The lowest BCUT2D eigenvalue weighted by Crippen LogP contribution is -2.37. The third-order valence-electron chi connectivity index (χ3n) is 2.58. The normalized spacial score (nSPS) is 26.3. The Kier molecular flexibility index (Phi) is 3.20. The van der Waals surface area contributed by atoms with Gasteiger partial charge in [-0.25, -0.2) is 0 Å². The van der Waals surface area contributed by atoms with Crippen LogP contribution < -0.4 is 5.32 Å². The largest absolute Gasteiger partial charge is 0.359 e. The highest BCUT2D eigenvalue weighted by atomic mass is 32.2.